The van der Waals surface area contributed by atoms with Crippen LogP contribution in [0.4, 0.5) is 10.5 Å². The quantitative estimate of drug-likeness (QED) is 0.339. The molecule has 1 aromatic carbocycles. The summed E-state index contributed by atoms with van der Waals surface area (Å²) in [5, 5.41) is 17.3. The minimum Gasteiger partial charge on any atom is -0.469 e. The van der Waals surface area contributed by atoms with E-state index in [-0.39, 0.29) is 5.69 Å². The molecule has 0 heterocycles. The second kappa shape index (κ2) is 6.22. The molecule has 1 rings (SSSR count). The number of hydrogen-bond donors (Lipinski definition) is 2. The van der Waals surface area contributed by atoms with Gasteiger partial charge in [-0.2, -0.15) is 0 Å². The fraction of sp³-hybridized carbons (Fsp3) is 0. The van der Waals surface area contributed by atoms with Crippen molar-refractivity contribution in [3.63, 3.8) is 0 Å². The summed E-state index contributed by atoms with van der Waals surface area (Å²) in [7, 11) is 0. The van der Waals surface area contributed by atoms with E-state index in [0.29, 0.717) is 0 Å². The average molecular weight is 236 g/mol. The van der Waals surface area contributed by atoms with Gasteiger partial charge in [-0.05, 0) is 12.1 Å². The molecule has 76 valence electrons. The molecule has 0 saturated heterocycles. The van der Waals surface area contributed by atoms with Crippen LogP contribution in [-0.4, -0.2) is 15.5 Å². The van der Waals surface area contributed by atoms with Gasteiger partial charge in [0.1, 0.15) is 0 Å². The number of nitro benzene ring substituents is 1. The van der Waals surface area contributed by atoms with E-state index in [1.807, 2.05) is 0 Å². The van der Waals surface area contributed by atoms with Gasteiger partial charge in [0.2, 0.25) is 0 Å². The predicted molar refractivity (Wildman–Crippen MR) is 54.2 cm³/mol. The zero-order valence-electron chi connectivity index (χ0n) is 6.75. The number of rotatable bonds is 1. The lowest BCUT2D eigenvalue weighted by atomic mass is 10.3. The Kier molecular flexibility index (Phi) is 5.66. The summed E-state index contributed by atoms with van der Waals surface area (Å²) in [6.07, 6.45) is 0. The Hall–Kier alpha value is -1.27. The second-order valence-corrected chi connectivity index (χ2v) is 2.87. The second-order valence-electron chi connectivity index (χ2n) is 2.03. The van der Waals surface area contributed by atoms with Gasteiger partial charge in [0.05, 0.1) is 4.92 Å². The summed E-state index contributed by atoms with van der Waals surface area (Å²) < 4.78 is 0. The van der Waals surface area contributed by atoms with Gasteiger partial charge in [0.25, 0.3) is 5.69 Å². The molecule has 0 bridgehead atoms. The highest BCUT2D eigenvalue weighted by atomic mass is 35.5. The number of non-ortho nitro benzene ring substituents is 1. The van der Waals surface area contributed by atoms with Crippen molar-refractivity contribution in [3.8, 4) is 0 Å². The molecule has 1 aromatic rings. The Balaban J connectivity index is 0.000000364. The molecule has 0 saturated carbocycles. The van der Waals surface area contributed by atoms with E-state index in [1.54, 1.807) is 12.1 Å². The number of nitrogens with zero attached hydrogens (tertiary/aromatic N) is 1. The van der Waals surface area contributed by atoms with Gasteiger partial charge in [-0.3, -0.25) is 10.1 Å². The molecule has 0 spiro atoms. The standard InChI is InChI=1S/C6H5NO2S.CHClO2/c8-7(9)5-1-3-6(10)4-2-5;2-1(3)4/h1-4,10H;(H,3,4). The number of nitro groups is 1. The van der Waals surface area contributed by atoms with E-state index >= 15 is 0 Å². The highest BCUT2D eigenvalue weighted by Crippen LogP contribution is 2.13. The molecule has 14 heavy (non-hydrogen) atoms. The molecular weight excluding hydrogens is 230 g/mol. The Bertz CT molecular complexity index is 323. The van der Waals surface area contributed by atoms with Crippen molar-refractivity contribution in [1.29, 1.82) is 0 Å². The van der Waals surface area contributed by atoms with Gasteiger partial charge in [-0.25, -0.2) is 4.79 Å². The molecular formula is C7H6ClNO4S. The first-order valence-electron chi connectivity index (χ1n) is 3.25. The highest BCUT2D eigenvalue weighted by Gasteiger charge is 2.00. The molecule has 0 unspecified atom stereocenters. The van der Waals surface area contributed by atoms with Crippen LogP contribution in [0.3, 0.4) is 0 Å². The Labute approximate surface area is 89.9 Å². The summed E-state index contributed by atoms with van der Waals surface area (Å²) in [5.41, 5.74) is -1.27. The van der Waals surface area contributed by atoms with Gasteiger partial charge >= 0.3 is 5.43 Å². The van der Waals surface area contributed by atoms with Gasteiger partial charge in [0.15, 0.2) is 0 Å². The van der Waals surface area contributed by atoms with Crippen LogP contribution in [-0.2, 0) is 0 Å². The van der Waals surface area contributed by atoms with Gasteiger partial charge in [0, 0.05) is 28.6 Å². The minimum atomic E-state index is -1.36. The summed E-state index contributed by atoms with van der Waals surface area (Å²) in [5.74, 6) is 0. The largest absolute Gasteiger partial charge is 0.469 e. The number of halogens is 1. The fourth-order valence-electron chi connectivity index (χ4n) is 0.574. The summed E-state index contributed by atoms with van der Waals surface area (Å²) in [6, 6.07) is 6.01. The lowest BCUT2D eigenvalue weighted by Gasteiger charge is -1.89. The summed E-state index contributed by atoms with van der Waals surface area (Å²) in [6.45, 7) is 0. The van der Waals surface area contributed by atoms with Crippen molar-refractivity contribution >= 4 is 35.3 Å². The van der Waals surface area contributed by atoms with E-state index in [9.17, 15) is 10.1 Å². The molecule has 0 aliphatic rings. The molecule has 0 radical (unpaired) electrons. The van der Waals surface area contributed by atoms with Crippen molar-refractivity contribution in [3.05, 3.63) is 34.4 Å². The third kappa shape index (κ3) is 6.27. The monoisotopic (exact) mass is 235 g/mol. The van der Waals surface area contributed by atoms with Crippen molar-refractivity contribution in [1.82, 2.24) is 0 Å². The lowest BCUT2D eigenvalue weighted by Crippen LogP contribution is -1.85. The Morgan fingerprint density at radius 2 is 1.79 bits per heavy atom. The summed E-state index contributed by atoms with van der Waals surface area (Å²) >= 11 is 8.17. The molecule has 7 heteroatoms. The SMILES string of the molecule is O=C(O)Cl.O=[N+]([O-])c1ccc(S)cc1. The van der Waals surface area contributed by atoms with E-state index in [1.165, 1.54) is 12.1 Å². The Morgan fingerprint density at radius 1 is 1.43 bits per heavy atom. The smallest absolute Gasteiger partial charge is 0.401 e. The molecule has 1 N–H and O–H groups in total. The van der Waals surface area contributed by atoms with Crippen molar-refractivity contribution in [2.45, 2.75) is 4.90 Å². The number of benzene rings is 1. The number of thiol groups is 1. The van der Waals surface area contributed by atoms with E-state index in [4.69, 9.17) is 9.90 Å². The third-order valence-electron chi connectivity index (χ3n) is 1.06. The third-order valence-corrected chi connectivity index (χ3v) is 1.36. The van der Waals surface area contributed by atoms with Crippen LogP contribution in [0.2, 0.25) is 0 Å². The van der Waals surface area contributed by atoms with Crippen molar-refractivity contribution < 1.29 is 14.8 Å². The van der Waals surface area contributed by atoms with Gasteiger partial charge in [-0.15, -0.1) is 12.6 Å². The van der Waals surface area contributed by atoms with Crippen molar-refractivity contribution in [2.24, 2.45) is 0 Å². The van der Waals surface area contributed by atoms with E-state index < -0.39 is 10.4 Å². The molecule has 0 aliphatic carbocycles. The van der Waals surface area contributed by atoms with E-state index in [0.717, 1.165) is 4.90 Å². The van der Waals surface area contributed by atoms with E-state index in [2.05, 4.69) is 24.2 Å². The van der Waals surface area contributed by atoms with Crippen LogP contribution in [0.25, 0.3) is 0 Å². The fourth-order valence-corrected chi connectivity index (χ4v) is 0.723. The molecule has 0 atom stereocenters. The van der Waals surface area contributed by atoms with Crippen molar-refractivity contribution in [2.75, 3.05) is 0 Å². The molecule has 0 aromatic heterocycles. The normalized spacial score (nSPS) is 8.43. The number of carboxylic acid groups (broad SMARTS) is 1. The van der Waals surface area contributed by atoms with Crippen LogP contribution >= 0.6 is 24.2 Å². The average Bonchev–Trinajstić information content (AvgIpc) is 2.03. The predicted octanol–water partition coefficient (Wildman–Crippen LogP) is 2.79. The first kappa shape index (κ1) is 12.7. The number of hydrogen-bond acceptors (Lipinski definition) is 4. The first-order chi connectivity index (χ1) is 6.43. The van der Waals surface area contributed by atoms with Crippen LogP contribution in [0.1, 0.15) is 0 Å². The topological polar surface area (TPSA) is 80.4 Å². The van der Waals surface area contributed by atoms with Crippen LogP contribution < -0.4 is 0 Å². The molecule has 0 fully saturated rings. The number of carbonyl (C=O) groups is 1. The highest BCUT2D eigenvalue weighted by molar-refractivity contribution is 7.80. The van der Waals surface area contributed by atoms with Crippen LogP contribution in [0.15, 0.2) is 29.2 Å². The summed E-state index contributed by atoms with van der Waals surface area (Å²) in [4.78, 5) is 19.1. The zero-order chi connectivity index (χ0) is 11.1. The van der Waals surface area contributed by atoms with Crippen LogP contribution in [0, 0.1) is 10.1 Å². The maximum atomic E-state index is 10.1. The molecule has 0 aliphatic heterocycles. The Morgan fingerprint density at radius 3 is 2.07 bits per heavy atom. The maximum absolute atomic E-state index is 10.1. The molecule has 5 nitrogen and oxygen atoms in total. The van der Waals surface area contributed by atoms with Crippen LogP contribution in [0.5, 0.6) is 0 Å². The maximum Gasteiger partial charge on any atom is 0.401 e. The zero-order valence-corrected chi connectivity index (χ0v) is 8.40. The lowest BCUT2D eigenvalue weighted by molar-refractivity contribution is -0.384. The van der Waals surface area contributed by atoms with Gasteiger partial charge < -0.3 is 5.11 Å². The van der Waals surface area contributed by atoms with Gasteiger partial charge in [-0.1, -0.05) is 0 Å². The molecule has 0 amide bonds. The minimum absolute atomic E-state index is 0.0952. The first-order valence-corrected chi connectivity index (χ1v) is 4.08.